The summed E-state index contributed by atoms with van der Waals surface area (Å²) in [7, 11) is 0. The number of hydrogen-bond donors (Lipinski definition) is 2. The first-order valence-corrected chi connectivity index (χ1v) is 6.94. The van der Waals surface area contributed by atoms with E-state index in [2.05, 4.69) is 5.32 Å². The lowest BCUT2D eigenvalue weighted by Gasteiger charge is -2.16. The van der Waals surface area contributed by atoms with Crippen LogP contribution in [0.5, 0.6) is 0 Å². The van der Waals surface area contributed by atoms with Crippen LogP contribution >= 0.6 is 11.6 Å². The summed E-state index contributed by atoms with van der Waals surface area (Å²) in [5, 5.41) is 12.2. The Bertz CT molecular complexity index is 500. The molecule has 1 aromatic carbocycles. The van der Waals surface area contributed by atoms with Gasteiger partial charge in [0.05, 0.1) is 6.42 Å². The largest absolute Gasteiger partial charge is 0.480 e. The van der Waals surface area contributed by atoms with Crippen LogP contribution in [0.15, 0.2) is 18.2 Å². The van der Waals surface area contributed by atoms with E-state index in [1.54, 1.807) is 12.1 Å². The molecule has 0 fully saturated rings. The molecule has 0 saturated heterocycles. The highest BCUT2D eigenvalue weighted by Crippen LogP contribution is 2.18. The number of hydrogen-bond acceptors (Lipinski definition) is 2. The third-order valence-corrected chi connectivity index (χ3v) is 3.25. The lowest BCUT2D eigenvalue weighted by molar-refractivity contribution is -0.142. The number of carboxylic acids is 1. The molecule has 20 heavy (non-hydrogen) atoms. The molecule has 0 aliphatic carbocycles. The molecule has 0 spiro atoms. The zero-order chi connectivity index (χ0) is 15.3. The number of nitrogens with one attached hydrogen (secondary N) is 1. The molecule has 0 saturated carbocycles. The number of aryl methyl sites for hydroxylation is 1. The summed E-state index contributed by atoms with van der Waals surface area (Å²) in [6.07, 6.45) is 0.490. The molecule has 0 bridgehead atoms. The summed E-state index contributed by atoms with van der Waals surface area (Å²) in [6.45, 7) is 5.75. The molecular weight excluding hydrogens is 278 g/mol. The molecule has 1 aromatic rings. The molecule has 5 heteroatoms. The van der Waals surface area contributed by atoms with Gasteiger partial charge in [0.25, 0.3) is 0 Å². The van der Waals surface area contributed by atoms with E-state index in [1.807, 2.05) is 26.8 Å². The average molecular weight is 298 g/mol. The highest BCUT2D eigenvalue weighted by molar-refractivity contribution is 6.31. The van der Waals surface area contributed by atoms with Crippen LogP contribution in [0.2, 0.25) is 5.02 Å². The van der Waals surface area contributed by atoms with Crippen LogP contribution in [0.1, 0.15) is 31.4 Å². The molecule has 2 N–H and O–H groups in total. The SMILES string of the molecule is Cc1ccc(CC(=O)NC(CC(C)C)C(=O)O)c(Cl)c1. The lowest BCUT2D eigenvalue weighted by atomic mass is 10.0. The smallest absolute Gasteiger partial charge is 0.326 e. The van der Waals surface area contributed by atoms with Gasteiger partial charge in [0.1, 0.15) is 6.04 Å². The molecule has 0 aromatic heterocycles. The number of aliphatic carboxylic acids is 1. The van der Waals surface area contributed by atoms with Crippen LogP contribution < -0.4 is 5.32 Å². The third kappa shape index (κ3) is 5.21. The molecular formula is C15H20ClNO3. The molecule has 4 nitrogen and oxygen atoms in total. The van der Waals surface area contributed by atoms with E-state index in [-0.39, 0.29) is 18.2 Å². The Balaban J connectivity index is 2.68. The molecule has 1 amide bonds. The number of carbonyl (C=O) groups excluding carboxylic acids is 1. The molecule has 1 rings (SSSR count). The highest BCUT2D eigenvalue weighted by Gasteiger charge is 2.21. The van der Waals surface area contributed by atoms with E-state index >= 15 is 0 Å². The van der Waals surface area contributed by atoms with E-state index < -0.39 is 12.0 Å². The second kappa shape index (κ2) is 7.29. The maximum Gasteiger partial charge on any atom is 0.326 e. The van der Waals surface area contributed by atoms with E-state index in [0.717, 1.165) is 5.56 Å². The van der Waals surface area contributed by atoms with Crippen molar-refractivity contribution in [1.29, 1.82) is 0 Å². The van der Waals surface area contributed by atoms with Crippen molar-refractivity contribution >= 4 is 23.5 Å². The Labute approximate surface area is 124 Å². The zero-order valence-corrected chi connectivity index (χ0v) is 12.7. The summed E-state index contributed by atoms with van der Waals surface area (Å²) in [6, 6.07) is 4.59. The van der Waals surface area contributed by atoms with Crippen molar-refractivity contribution in [1.82, 2.24) is 5.32 Å². The fraction of sp³-hybridized carbons (Fsp3) is 0.467. The Morgan fingerprint density at radius 3 is 2.50 bits per heavy atom. The maximum absolute atomic E-state index is 11.9. The standard InChI is InChI=1S/C15H20ClNO3/c1-9(2)6-13(15(19)20)17-14(18)8-11-5-4-10(3)7-12(11)16/h4-5,7,9,13H,6,8H2,1-3H3,(H,17,18)(H,19,20). The molecule has 1 unspecified atom stereocenters. The minimum atomic E-state index is -1.01. The average Bonchev–Trinajstić information content (AvgIpc) is 2.31. The van der Waals surface area contributed by atoms with Crippen LogP contribution in [0.4, 0.5) is 0 Å². The Morgan fingerprint density at radius 1 is 1.35 bits per heavy atom. The summed E-state index contributed by atoms with van der Waals surface area (Å²) < 4.78 is 0. The summed E-state index contributed by atoms with van der Waals surface area (Å²) >= 11 is 6.06. The molecule has 110 valence electrons. The van der Waals surface area contributed by atoms with Crippen molar-refractivity contribution in [2.75, 3.05) is 0 Å². The lowest BCUT2D eigenvalue weighted by Crippen LogP contribution is -2.42. The second-order valence-corrected chi connectivity index (χ2v) is 5.77. The van der Waals surface area contributed by atoms with Gasteiger partial charge >= 0.3 is 5.97 Å². The van der Waals surface area contributed by atoms with Crippen LogP contribution in [-0.4, -0.2) is 23.0 Å². The molecule has 0 aliphatic heterocycles. The quantitative estimate of drug-likeness (QED) is 0.848. The van der Waals surface area contributed by atoms with E-state index in [1.165, 1.54) is 0 Å². The van der Waals surface area contributed by atoms with Gasteiger partial charge in [0.15, 0.2) is 0 Å². The minimum absolute atomic E-state index is 0.0843. The van der Waals surface area contributed by atoms with Crippen LogP contribution in [0, 0.1) is 12.8 Å². The van der Waals surface area contributed by atoms with Crippen LogP contribution in [0.3, 0.4) is 0 Å². The van der Waals surface area contributed by atoms with Crippen molar-refractivity contribution in [2.45, 2.75) is 39.7 Å². The number of rotatable bonds is 6. The normalized spacial score (nSPS) is 12.2. The number of amides is 1. The van der Waals surface area contributed by atoms with Gasteiger partial charge in [0, 0.05) is 5.02 Å². The van der Waals surface area contributed by atoms with Gasteiger partial charge in [-0.05, 0) is 36.5 Å². The van der Waals surface area contributed by atoms with Gasteiger partial charge in [0.2, 0.25) is 5.91 Å². The monoisotopic (exact) mass is 297 g/mol. The number of carbonyl (C=O) groups is 2. The second-order valence-electron chi connectivity index (χ2n) is 5.36. The Morgan fingerprint density at radius 2 is 2.00 bits per heavy atom. The molecule has 1 atom stereocenters. The first kappa shape index (κ1) is 16.5. The number of carboxylic acid groups (broad SMARTS) is 1. The molecule has 0 heterocycles. The predicted molar refractivity (Wildman–Crippen MR) is 78.9 cm³/mol. The van der Waals surface area contributed by atoms with Gasteiger partial charge in [-0.1, -0.05) is 37.6 Å². The number of benzene rings is 1. The maximum atomic E-state index is 11.9. The summed E-state index contributed by atoms with van der Waals surface area (Å²) in [5.74, 6) is -1.15. The zero-order valence-electron chi connectivity index (χ0n) is 11.9. The Hall–Kier alpha value is -1.55. The third-order valence-electron chi connectivity index (χ3n) is 2.90. The van der Waals surface area contributed by atoms with Crippen molar-refractivity contribution in [3.8, 4) is 0 Å². The van der Waals surface area contributed by atoms with Crippen LogP contribution in [0.25, 0.3) is 0 Å². The number of halogens is 1. The first-order chi connectivity index (χ1) is 9.29. The predicted octanol–water partition coefficient (Wildman–Crippen LogP) is 2.81. The van der Waals surface area contributed by atoms with Gasteiger partial charge in [-0.25, -0.2) is 4.79 Å². The summed E-state index contributed by atoms with van der Waals surface area (Å²) in [5.41, 5.74) is 1.71. The van der Waals surface area contributed by atoms with Crippen molar-refractivity contribution < 1.29 is 14.7 Å². The summed E-state index contributed by atoms with van der Waals surface area (Å²) in [4.78, 5) is 23.0. The first-order valence-electron chi connectivity index (χ1n) is 6.56. The molecule has 0 aliphatic rings. The van der Waals surface area contributed by atoms with E-state index in [4.69, 9.17) is 16.7 Å². The molecule has 0 radical (unpaired) electrons. The van der Waals surface area contributed by atoms with E-state index in [0.29, 0.717) is 17.0 Å². The van der Waals surface area contributed by atoms with Gasteiger partial charge < -0.3 is 10.4 Å². The van der Waals surface area contributed by atoms with Crippen molar-refractivity contribution in [2.24, 2.45) is 5.92 Å². The van der Waals surface area contributed by atoms with Crippen LogP contribution in [-0.2, 0) is 16.0 Å². The fourth-order valence-electron chi connectivity index (χ4n) is 1.91. The minimum Gasteiger partial charge on any atom is -0.480 e. The van der Waals surface area contributed by atoms with Gasteiger partial charge in [-0.15, -0.1) is 0 Å². The van der Waals surface area contributed by atoms with Crippen molar-refractivity contribution in [3.63, 3.8) is 0 Å². The fourth-order valence-corrected chi connectivity index (χ4v) is 2.21. The Kier molecular flexibility index (Phi) is 6.02. The van der Waals surface area contributed by atoms with Gasteiger partial charge in [-0.3, -0.25) is 4.79 Å². The van der Waals surface area contributed by atoms with Gasteiger partial charge in [-0.2, -0.15) is 0 Å². The topological polar surface area (TPSA) is 66.4 Å². The van der Waals surface area contributed by atoms with E-state index in [9.17, 15) is 9.59 Å². The van der Waals surface area contributed by atoms with Crippen molar-refractivity contribution in [3.05, 3.63) is 34.3 Å². The highest BCUT2D eigenvalue weighted by atomic mass is 35.5.